The highest BCUT2D eigenvalue weighted by Crippen LogP contribution is 2.29. The molecule has 8 heteroatoms. The molecule has 0 aliphatic heterocycles. The maximum atomic E-state index is 12.7. The van der Waals surface area contributed by atoms with E-state index in [9.17, 15) is 9.59 Å². The van der Waals surface area contributed by atoms with Gasteiger partial charge in [-0.25, -0.2) is 4.98 Å². The molecule has 0 aliphatic rings. The van der Waals surface area contributed by atoms with E-state index < -0.39 is 6.04 Å². The molecule has 0 spiro atoms. The number of Topliss-reactive ketones (excluding diaryl/α,β-unsaturated/α-hetero) is 1. The number of imidazole rings is 1. The van der Waals surface area contributed by atoms with Crippen molar-refractivity contribution in [2.45, 2.75) is 13.0 Å². The number of carbonyl (C=O) groups is 2. The van der Waals surface area contributed by atoms with Crippen molar-refractivity contribution in [3.05, 3.63) is 71.8 Å². The number of aromatic nitrogens is 2. The van der Waals surface area contributed by atoms with Crippen LogP contribution in [-0.4, -0.2) is 42.1 Å². The van der Waals surface area contributed by atoms with Gasteiger partial charge in [-0.1, -0.05) is 12.1 Å². The van der Waals surface area contributed by atoms with Gasteiger partial charge in [0, 0.05) is 31.1 Å². The van der Waals surface area contributed by atoms with Crippen LogP contribution >= 0.6 is 0 Å². The summed E-state index contributed by atoms with van der Waals surface area (Å²) >= 11 is 0. The van der Waals surface area contributed by atoms with Gasteiger partial charge in [-0.3, -0.25) is 9.59 Å². The number of ether oxygens (including phenoxy) is 3. The molecule has 0 radical (unpaired) electrons. The molecule has 31 heavy (non-hydrogen) atoms. The minimum Gasteiger partial charge on any atom is -0.497 e. The zero-order valence-electron chi connectivity index (χ0n) is 17.9. The van der Waals surface area contributed by atoms with Crippen LogP contribution in [-0.2, 0) is 11.8 Å². The summed E-state index contributed by atoms with van der Waals surface area (Å²) in [6, 6.07) is 11.6. The van der Waals surface area contributed by atoms with Crippen LogP contribution in [0.5, 0.6) is 17.2 Å². The normalized spacial score (nSPS) is 11.5. The van der Waals surface area contributed by atoms with Gasteiger partial charge in [0.15, 0.2) is 12.4 Å². The van der Waals surface area contributed by atoms with Gasteiger partial charge >= 0.3 is 0 Å². The molecule has 3 rings (SSSR count). The highest BCUT2D eigenvalue weighted by atomic mass is 16.5. The molecule has 0 aliphatic carbocycles. The minimum atomic E-state index is -0.552. The quantitative estimate of drug-likeness (QED) is 0.532. The molecule has 3 aromatic rings. The zero-order chi connectivity index (χ0) is 22.4. The number of nitrogens with one attached hydrogen (secondary N) is 1. The van der Waals surface area contributed by atoms with Crippen molar-refractivity contribution in [2.24, 2.45) is 7.05 Å². The van der Waals surface area contributed by atoms with Gasteiger partial charge in [-0.15, -0.1) is 0 Å². The van der Waals surface area contributed by atoms with Crippen molar-refractivity contribution in [3.8, 4) is 17.2 Å². The fraction of sp³-hybridized carbons (Fsp3) is 0.261. The van der Waals surface area contributed by atoms with E-state index in [0.717, 1.165) is 5.56 Å². The maximum absolute atomic E-state index is 12.7. The first kappa shape index (κ1) is 21.9. The number of ketones is 1. The number of aryl methyl sites for hydroxylation is 1. The van der Waals surface area contributed by atoms with Crippen molar-refractivity contribution in [2.75, 3.05) is 20.8 Å². The number of methoxy groups -OCH3 is 2. The number of rotatable bonds is 9. The van der Waals surface area contributed by atoms with E-state index in [-0.39, 0.29) is 18.3 Å². The Labute approximate surface area is 180 Å². The SMILES string of the molecule is COc1cc(OC)cc(C(NC(=O)COc2cccc(C(C)=O)c2)c2nccn2C)c1. The Hall–Kier alpha value is -3.81. The molecule has 0 fully saturated rings. The second kappa shape index (κ2) is 9.80. The summed E-state index contributed by atoms with van der Waals surface area (Å²) in [5, 5.41) is 2.96. The molecule has 0 bridgehead atoms. The smallest absolute Gasteiger partial charge is 0.258 e. The summed E-state index contributed by atoms with van der Waals surface area (Å²) < 4.78 is 18.1. The van der Waals surface area contributed by atoms with Crippen LogP contribution in [0.25, 0.3) is 0 Å². The predicted molar refractivity (Wildman–Crippen MR) is 115 cm³/mol. The molecule has 0 saturated heterocycles. The first-order chi connectivity index (χ1) is 14.9. The monoisotopic (exact) mass is 423 g/mol. The average molecular weight is 423 g/mol. The van der Waals surface area contributed by atoms with Gasteiger partial charge in [0.25, 0.3) is 5.91 Å². The lowest BCUT2D eigenvalue weighted by atomic mass is 10.0. The molecule has 1 N–H and O–H groups in total. The fourth-order valence-corrected chi connectivity index (χ4v) is 3.10. The summed E-state index contributed by atoms with van der Waals surface area (Å²) in [7, 11) is 4.98. The number of hydrogen-bond donors (Lipinski definition) is 1. The van der Waals surface area contributed by atoms with E-state index in [1.165, 1.54) is 6.92 Å². The zero-order valence-corrected chi connectivity index (χ0v) is 17.9. The summed E-state index contributed by atoms with van der Waals surface area (Å²) in [4.78, 5) is 28.7. The van der Waals surface area contributed by atoms with Gasteiger partial charge in [0.2, 0.25) is 0 Å². The van der Waals surface area contributed by atoms with E-state index in [0.29, 0.717) is 28.6 Å². The van der Waals surface area contributed by atoms with Gasteiger partial charge in [-0.05, 0) is 36.8 Å². The van der Waals surface area contributed by atoms with Gasteiger partial charge < -0.3 is 24.1 Å². The first-order valence-corrected chi connectivity index (χ1v) is 9.64. The molecule has 8 nitrogen and oxygen atoms in total. The number of nitrogens with zero attached hydrogens (tertiary/aromatic N) is 2. The second-order valence-corrected chi connectivity index (χ2v) is 6.92. The lowest BCUT2D eigenvalue weighted by Gasteiger charge is -2.20. The van der Waals surface area contributed by atoms with Crippen LogP contribution in [0.3, 0.4) is 0 Å². The van der Waals surface area contributed by atoms with Crippen molar-refractivity contribution in [1.29, 1.82) is 0 Å². The Bertz CT molecular complexity index is 1050. The molecule has 1 aromatic heterocycles. The van der Waals surface area contributed by atoms with Crippen LogP contribution in [0.4, 0.5) is 0 Å². The van der Waals surface area contributed by atoms with E-state index >= 15 is 0 Å². The molecule has 1 heterocycles. The molecule has 2 aromatic carbocycles. The van der Waals surface area contributed by atoms with Crippen LogP contribution in [0.2, 0.25) is 0 Å². The molecule has 1 unspecified atom stereocenters. The summed E-state index contributed by atoms with van der Waals surface area (Å²) in [6.07, 6.45) is 3.46. The summed E-state index contributed by atoms with van der Waals surface area (Å²) in [5.74, 6) is 1.86. The van der Waals surface area contributed by atoms with Crippen LogP contribution in [0, 0.1) is 0 Å². The van der Waals surface area contributed by atoms with E-state index in [1.54, 1.807) is 56.9 Å². The molecule has 1 atom stereocenters. The number of hydrogen-bond acceptors (Lipinski definition) is 6. The Morgan fingerprint density at radius 2 is 1.77 bits per heavy atom. The Morgan fingerprint density at radius 1 is 1.06 bits per heavy atom. The minimum absolute atomic E-state index is 0.0725. The van der Waals surface area contributed by atoms with E-state index in [2.05, 4.69) is 10.3 Å². The van der Waals surface area contributed by atoms with E-state index in [4.69, 9.17) is 14.2 Å². The highest BCUT2D eigenvalue weighted by molar-refractivity contribution is 5.94. The van der Waals surface area contributed by atoms with Crippen molar-refractivity contribution in [1.82, 2.24) is 14.9 Å². The molecule has 1 amide bonds. The largest absolute Gasteiger partial charge is 0.497 e. The van der Waals surface area contributed by atoms with Crippen LogP contribution < -0.4 is 19.5 Å². The molecular weight excluding hydrogens is 398 g/mol. The summed E-state index contributed by atoms with van der Waals surface area (Å²) in [6.45, 7) is 1.26. The highest BCUT2D eigenvalue weighted by Gasteiger charge is 2.22. The van der Waals surface area contributed by atoms with Crippen molar-refractivity contribution in [3.63, 3.8) is 0 Å². The standard InChI is InChI=1S/C23H25N3O5/c1-15(27)16-6-5-7-18(10-16)31-14-21(28)25-22(23-24-8-9-26(23)2)17-11-19(29-3)13-20(12-17)30-4/h5-13,22H,14H2,1-4H3,(H,25,28). The fourth-order valence-electron chi connectivity index (χ4n) is 3.10. The number of amides is 1. The second-order valence-electron chi connectivity index (χ2n) is 6.92. The molecule has 162 valence electrons. The predicted octanol–water partition coefficient (Wildman–Crippen LogP) is 2.92. The lowest BCUT2D eigenvalue weighted by molar-refractivity contribution is -0.123. The Kier molecular flexibility index (Phi) is 6.92. The van der Waals surface area contributed by atoms with E-state index in [1.807, 2.05) is 23.7 Å². The third-order valence-electron chi connectivity index (χ3n) is 4.74. The Balaban J connectivity index is 1.81. The maximum Gasteiger partial charge on any atom is 0.258 e. The van der Waals surface area contributed by atoms with Crippen molar-refractivity contribution < 1.29 is 23.8 Å². The molecular formula is C23H25N3O5. The summed E-state index contributed by atoms with van der Waals surface area (Å²) in [5.41, 5.74) is 1.27. The van der Waals surface area contributed by atoms with Gasteiger partial charge in [0.1, 0.15) is 29.1 Å². The number of benzene rings is 2. The lowest BCUT2D eigenvalue weighted by Crippen LogP contribution is -2.34. The number of carbonyl (C=O) groups excluding carboxylic acids is 2. The molecule has 0 saturated carbocycles. The van der Waals surface area contributed by atoms with Crippen molar-refractivity contribution >= 4 is 11.7 Å². The van der Waals surface area contributed by atoms with Gasteiger partial charge in [0.05, 0.1) is 14.2 Å². The average Bonchev–Trinajstić information content (AvgIpc) is 3.21. The first-order valence-electron chi connectivity index (χ1n) is 9.64. The third kappa shape index (κ3) is 5.42. The third-order valence-corrected chi connectivity index (χ3v) is 4.74. The van der Waals surface area contributed by atoms with Crippen LogP contribution in [0.1, 0.15) is 34.7 Å². The Morgan fingerprint density at radius 3 is 2.35 bits per heavy atom. The topological polar surface area (TPSA) is 91.7 Å². The van der Waals surface area contributed by atoms with Gasteiger partial charge in [-0.2, -0.15) is 0 Å². The van der Waals surface area contributed by atoms with Crippen LogP contribution in [0.15, 0.2) is 54.9 Å².